The molecule has 0 amide bonds. The SMILES string of the molecule is CCCCCCCC1CCC(c2ccc(C(=O)OC(C)c3ccccc3)cc2)CC1. The van der Waals surface area contributed by atoms with Crippen molar-refractivity contribution in [3.8, 4) is 0 Å². The first-order chi connectivity index (χ1) is 14.7. The molecule has 2 heteroatoms. The minimum atomic E-state index is -0.246. The van der Waals surface area contributed by atoms with E-state index in [0.29, 0.717) is 11.5 Å². The molecule has 1 fully saturated rings. The molecule has 162 valence electrons. The summed E-state index contributed by atoms with van der Waals surface area (Å²) >= 11 is 0. The highest BCUT2D eigenvalue weighted by atomic mass is 16.5. The molecule has 0 saturated heterocycles. The van der Waals surface area contributed by atoms with Gasteiger partial charge in [0.2, 0.25) is 0 Å². The van der Waals surface area contributed by atoms with Crippen LogP contribution in [0.15, 0.2) is 54.6 Å². The van der Waals surface area contributed by atoms with E-state index in [0.717, 1.165) is 11.5 Å². The summed E-state index contributed by atoms with van der Waals surface area (Å²) in [6.07, 6.45) is 13.4. The van der Waals surface area contributed by atoms with Gasteiger partial charge >= 0.3 is 5.97 Å². The van der Waals surface area contributed by atoms with Crippen LogP contribution in [0.5, 0.6) is 0 Å². The van der Waals surface area contributed by atoms with Gasteiger partial charge in [-0.15, -0.1) is 0 Å². The lowest BCUT2D eigenvalue weighted by atomic mass is 9.77. The fraction of sp³-hybridized carbons (Fsp3) is 0.536. The number of unbranched alkanes of at least 4 members (excludes halogenated alkanes) is 4. The highest BCUT2D eigenvalue weighted by molar-refractivity contribution is 5.89. The van der Waals surface area contributed by atoms with Crippen molar-refractivity contribution in [1.82, 2.24) is 0 Å². The van der Waals surface area contributed by atoms with E-state index in [-0.39, 0.29) is 12.1 Å². The number of hydrogen-bond donors (Lipinski definition) is 0. The van der Waals surface area contributed by atoms with E-state index in [9.17, 15) is 4.79 Å². The highest BCUT2D eigenvalue weighted by Gasteiger charge is 2.22. The van der Waals surface area contributed by atoms with Gasteiger partial charge in [-0.25, -0.2) is 4.79 Å². The predicted octanol–water partition coefficient (Wildman–Crippen LogP) is 8.24. The van der Waals surface area contributed by atoms with E-state index in [4.69, 9.17) is 4.74 Å². The standard InChI is InChI=1S/C28H38O2/c1-3-4-5-6-8-11-23-14-16-25(17-15-23)26-18-20-27(21-19-26)28(29)30-22(2)24-12-9-7-10-13-24/h7,9-10,12-13,18-23,25H,3-6,8,11,14-17H2,1-2H3. The fourth-order valence-corrected chi connectivity index (χ4v) is 4.73. The third-order valence-electron chi connectivity index (χ3n) is 6.73. The van der Waals surface area contributed by atoms with Gasteiger partial charge in [0.15, 0.2) is 0 Å². The minimum Gasteiger partial charge on any atom is -0.454 e. The summed E-state index contributed by atoms with van der Waals surface area (Å²) < 4.78 is 5.64. The van der Waals surface area contributed by atoms with Crippen molar-refractivity contribution >= 4 is 5.97 Å². The number of hydrogen-bond acceptors (Lipinski definition) is 2. The third kappa shape index (κ3) is 6.72. The van der Waals surface area contributed by atoms with Gasteiger partial charge in [-0.2, -0.15) is 0 Å². The van der Waals surface area contributed by atoms with Gasteiger partial charge in [-0.3, -0.25) is 0 Å². The summed E-state index contributed by atoms with van der Waals surface area (Å²) in [6, 6.07) is 18.0. The molecule has 2 aromatic carbocycles. The van der Waals surface area contributed by atoms with Crippen molar-refractivity contribution in [2.24, 2.45) is 5.92 Å². The lowest BCUT2D eigenvalue weighted by Crippen LogP contribution is -2.14. The first-order valence-electron chi connectivity index (χ1n) is 12.0. The number of carbonyl (C=O) groups is 1. The number of rotatable bonds is 10. The van der Waals surface area contributed by atoms with Crippen LogP contribution in [-0.2, 0) is 4.74 Å². The molecule has 0 N–H and O–H groups in total. The van der Waals surface area contributed by atoms with Crippen LogP contribution < -0.4 is 0 Å². The molecule has 1 aliphatic rings. The van der Waals surface area contributed by atoms with Crippen molar-refractivity contribution in [3.05, 3.63) is 71.3 Å². The zero-order valence-electron chi connectivity index (χ0n) is 18.8. The van der Waals surface area contributed by atoms with Crippen LogP contribution in [0.3, 0.4) is 0 Å². The molecular formula is C28H38O2. The summed E-state index contributed by atoms with van der Waals surface area (Å²) in [6.45, 7) is 4.20. The summed E-state index contributed by atoms with van der Waals surface area (Å²) in [5, 5.41) is 0. The Balaban J connectivity index is 1.44. The topological polar surface area (TPSA) is 26.3 Å². The molecule has 0 bridgehead atoms. The Morgan fingerprint density at radius 1 is 0.900 bits per heavy atom. The van der Waals surface area contributed by atoms with Crippen LogP contribution in [-0.4, -0.2) is 5.97 Å². The van der Waals surface area contributed by atoms with Crippen LogP contribution in [0.25, 0.3) is 0 Å². The first kappa shape index (κ1) is 22.6. The van der Waals surface area contributed by atoms with Gasteiger partial charge in [0.05, 0.1) is 5.56 Å². The molecule has 0 radical (unpaired) electrons. The maximum Gasteiger partial charge on any atom is 0.338 e. The van der Waals surface area contributed by atoms with Gasteiger partial charge in [0, 0.05) is 0 Å². The highest BCUT2D eigenvalue weighted by Crippen LogP contribution is 2.38. The zero-order chi connectivity index (χ0) is 21.2. The lowest BCUT2D eigenvalue weighted by Gasteiger charge is -2.29. The molecule has 1 unspecified atom stereocenters. The second-order valence-electron chi connectivity index (χ2n) is 9.00. The molecule has 1 aliphatic carbocycles. The molecule has 0 heterocycles. The summed E-state index contributed by atoms with van der Waals surface area (Å²) in [5.74, 6) is 1.33. The number of benzene rings is 2. The number of carbonyl (C=O) groups excluding carboxylic acids is 1. The third-order valence-corrected chi connectivity index (χ3v) is 6.73. The van der Waals surface area contributed by atoms with Crippen LogP contribution in [0.2, 0.25) is 0 Å². The first-order valence-corrected chi connectivity index (χ1v) is 12.0. The summed E-state index contributed by atoms with van der Waals surface area (Å²) in [4.78, 5) is 12.5. The Kier molecular flexibility index (Phi) is 8.99. The van der Waals surface area contributed by atoms with E-state index >= 15 is 0 Å². The quantitative estimate of drug-likeness (QED) is 0.293. The van der Waals surface area contributed by atoms with E-state index in [1.807, 2.05) is 49.4 Å². The Bertz CT molecular complexity index is 742. The lowest BCUT2D eigenvalue weighted by molar-refractivity contribution is 0.0338. The van der Waals surface area contributed by atoms with Gasteiger partial charge < -0.3 is 4.74 Å². The number of ether oxygens (including phenoxy) is 1. The van der Waals surface area contributed by atoms with Crippen LogP contribution in [0, 0.1) is 5.92 Å². The Morgan fingerprint density at radius 3 is 2.23 bits per heavy atom. The summed E-state index contributed by atoms with van der Waals surface area (Å²) in [5.41, 5.74) is 3.04. The Labute approximate surface area is 183 Å². The molecule has 1 saturated carbocycles. The van der Waals surface area contributed by atoms with Crippen molar-refractivity contribution in [1.29, 1.82) is 0 Å². The second kappa shape index (κ2) is 11.9. The van der Waals surface area contributed by atoms with Crippen LogP contribution >= 0.6 is 0 Å². The Hall–Kier alpha value is -2.09. The maximum atomic E-state index is 12.5. The summed E-state index contributed by atoms with van der Waals surface area (Å²) in [7, 11) is 0. The molecule has 1 atom stereocenters. The fourth-order valence-electron chi connectivity index (χ4n) is 4.73. The van der Waals surface area contributed by atoms with Gasteiger partial charge in [-0.05, 0) is 67.7 Å². The molecule has 30 heavy (non-hydrogen) atoms. The predicted molar refractivity (Wildman–Crippen MR) is 125 cm³/mol. The van der Waals surface area contributed by atoms with E-state index < -0.39 is 0 Å². The molecule has 0 aromatic heterocycles. The normalized spacial score (nSPS) is 19.9. The molecule has 3 rings (SSSR count). The average molecular weight is 407 g/mol. The van der Waals surface area contributed by atoms with E-state index in [1.165, 1.54) is 69.8 Å². The van der Waals surface area contributed by atoms with Gasteiger partial charge in [-0.1, -0.05) is 87.9 Å². The minimum absolute atomic E-state index is 0.240. The van der Waals surface area contributed by atoms with Gasteiger partial charge in [0.25, 0.3) is 0 Å². The van der Waals surface area contributed by atoms with Crippen LogP contribution in [0.1, 0.15) is 112 Å². The van der Waals surface area contributed by atoms with Crippen molar-refractivity contribution in [2.45, 2.75) is 90.1 Å². The zero-order valence-corrected chi connectivity index (χ0v) is 18.8. The molecule has 2 nitrogen and oxygen atoms in total. The van der Waals surface area contributed by atoms with Crippen molar-refractivity contribution in [3.63, 3.8) is 0 Å². The van der Waals surface area contributed by atoms with E-state index in [2.05, 4.69) is 19.1 Å². The van der Waals surface area contributed by atoms with Crippen molar-refractivity contribution in [2.75, 3.05) is 0 Å². The second-order valence-corrected chi connectivity index (χ2v) is 9.00. The molecule has 0 aliphatic heterocycles. The average Bonchev–Trinajstić information content (AvgIpc) is 2.80. The van der Waals surface area contributed by atoms with E-state index in [1.54, 1.807) is 0 Å². The smallest absolute Gasteiger partial charge is 0.338 e. The monoisotopic (exact) mass is 406 g/mol. The van der Waals surface area contributed by atoms with Gasteiger partial charge in [0.1, 0.15) is 6.10 Å². The molecule has 0 spiro atoms. The van der Waals surface area contributed by atoms with Crippen LogP contribution in [0.4, 0.5) is 0 Å². The maximum absolute atomic E-state index is 12.5. The molecular weight excluding hydrogens is 368 g/mol. The Morgan fingerprint density at radius 2 is 1.57 bits per heavy atom. The van der Waals surface area contributed by atoms with Crippen molar-refractivity contribution < 1.29 is 9.53 Å². The largest absolute Gasteiger partial charge is 0.454 e. The molecule has 2 aromatic rings. The number of esters is 1.